The van der Waals surface area contributed by atoms with Gasteiger partial charge < -0.3 is 11.5 Å². The van der Waals surface area contributed by atoms with E-state index in [-0.39, 0.29) is 0 Å². The summed E-state index contributed by atoms with van der Waals surface area (Å²) in [5.41, 5.74) is 14.2. The van der Waals surface area contributed by atoms with Gasteiger partial charge in [0, 0.05) is 32.7 Å². The topological polar surface area (TPSA) is 55.3 Å². The van der Waals surface area contributed by atoms with Crippen molar-refractivity contribution < 1.29 is 0 Å². The molecule has 0 heterocycles. The van der Waals surface area contributed by atoms with E-state index in [4.69, 9.17) is 11.5 Å². The largest absolute Gasteiger partial charge is 0.329 e. The van der Waals surface area contributed by atoms with Crippen LogP contribution in [-0.2, 0) is 13.0 Å². The summed E-state index contributed by atoms with van der Waals surface area (Å²) < 4.78 is 0. The van der Waals surface area contributed by atoms with Crippen LogP contribution in [0.4, 0.5) is 0 Å². The van der Waals surface area contributed by atoms with Gasteiger partial charge in [-0.15, -0.1) is 0 Å². The molecule has 0 atom stereocenters. The van der Waals surface area contributed by atoms with Crippen LogP contribution in [0.3, 0.4) is 0 Å². The lowest BCUT2D eigenvalue weighted by Gasteiger charge is -2.20. The third-order valence-electron chi connectivity index (χ3n) is 5.14. The van der Waals surface area contributed by atoms with Crippen LogP contribution in [0.25, 0.3) is 0 Å². The molecule has 0 saturated heterocycles. The molecule has 150 valence electrons. The van der Waals surface area contributed by atoms with Gasteiger partial charge in [0.15, 0.2) is 0 Å². The van der Waals surface area contributed by atoms with Gasteiger partial charge in [-0.3, -0.25) is 4.90 Å². The highest BCUT2D eigenvalue weighted by Gasteiger charge is 2.04. The van der Waals surface area contributed by atoms with Gasteiger partial charge in [0.1, 0.15) is 0 Å². The molecule has 0 radical (unpaired) electrons. The normalized spacial score (nSPS) is 11.4. The highest BCUT2D eigenvalue weighted by molar-refractivity contribution is 5.22. The van der Waals surface area contributed by atoms with Crippen LogP contribution >= 0.6 is 0 Å². The number of hydrogen-bond donors (Lipinski definition) is 2. The second kappa shape index (κ2) is 16.3. The third-order valence-corrected chi connectivity index (χ3v) is 5.14. The minimum atomic E-state index is 0.691. The minimum absolute atomic E-state index is 0.691. The van der Waals surface area contributed by atoms with E-state index >= 15 is 0 Å². The number of nitrogens with zero attached hydrogens (tertiary/aromatic N) is 1. The van der Waals surface area contributed by atoms with Gasteiger partial charge in [-0.1, -0.05) is 89.0 Å². The first-order valence-corrected chi connectivity index (χ1v) is 11.0. The average Bonchev–Trinajstić information content (AvgIpc) is 2.65. The lowest BCUT2D eigenvalue weighted by molar-refractivity contribution is 0.281. The lowest BCUT2D eigenvalue weighted by atomic mass is 10.0. The molecule has 0 bridgehead atoms. The fourth-order valence-electron chi connectivity index (χ4n) is 3.52. The molecule has 0 aliphatic rings. The van der Waals surface area contributed by atoms with Crippen molar-refractivity contribution in [1.82, 2.24) is 4.90 Å². The van der Waals surface area contributed by atoms with Crippen molar-refractivity contribution in [3.63, 3.8) is 0 Å². The van der Waals surface area contributed by atoms with E-state index in [1.807, 2.05) is 0 Å². The van der Waals surface area contributed by atoms with Crippen molar-refractivity contribution in [3.8, 4) is 0 Å². The standard InChI is InChI=1S/C23H43N3/c1-2-3-4-5-6-7-8-9-10-11-12-22-13-15-23(16-14-22)21-26(19-17-24)20-18-25/h13-16H,2-12,17-21,24-25H2,1H3. The number of nitrogens with two attached hydrogens (primary N) is 2. The van der Waals surface area contributed by atoms with Crippen molar-refractivity contribution >= 4 is 0 Å². The molecule has 1 aromatic rings. The summed E-state index contributed by atoms with van der Waals surface area (Å²) >= 11 is 0. The Labute approximate surface area is 162 Å². The first-order valence-electron chi connectivity index (χ1n) is 11.0. The quantitative estimate of drug-likeness (QED) is 0.389. The molecule has 1 rings (SSSR count). The predicted octanol–water partition coefficient (Wildman–Crippen LogP) is 4.87. The van der Waals surface area contributed by atoms with Gasteiger partial charge in [0.25, 0.3) is 0 Å². The molecule has 0 unspecified atom stereocenters. The van der Waals surface area contributed by atoms with Crippen LogP contribution in [0, 0.1) is 0 Å². The first kappa shape index (κ1) is 23.1. The molecule has 26 heavy (non-hydrogen) atoms. The zero-order valence-corrected chi connectivity index (χ0v) is 17.2. The molecule has 1 aromatic carbocycles. The zero-order chi connectivity index (χ0) is 18.9. The van der Waals surface area contributed by atoms with Crippen molar-refractivity contribution in [2.45, 2.75) is 84.1 Å². The van der Waals surface area contributed by atoms with E-state index in [1.54, 1.807) is 0 Å². The summed E-state index contributed by atoms with van der Waals surface area (Å²) in [7, 11) is 0. The Balaban J connectivity index is 2.11. The number of aryl methyl sites for hydroxylation is 1. The van der Waals surface area contributed by atoms with Crippen molar-refractivity contribution in [2.75, 3.05) is 26.2 Å². The Kier molecular flexibility index (Phi) is 14.5. The SMILES string of the molecule is CCCCCCCCCCCCc1ccc(CN(CCN)CCN)cc1. The number of benzene rings is 1. The summed E-state index contributed by atoms with van der Waals surface area (Å²) in [6.07, 6.45) is 15.2. The van der Waals surface area contributed by atoms with Crippen LogP contribution in [0.5, 0.6) is 0 Å². The highest BCUT2D eigenvalue weighted by Crippen LogP contribution is 2.13. The smallest absolute Gasteiger partial charge is 0.0234 e. The minimum Gasteiger partial charge on any atom is -0.329 e. The van der Waals surface area contributed by atoms with Gasteiger partial charge in [-0.05, 0) is 24.0 Å². The molecule has 0 spiro atoms. The zero-order valence-electron chi connectivity index (χ0n) is 17.2. The molecule has 0 fully saturated rings. The Morgan fingerprint density at radius 1 is 0.654 bits per heavy atom. The summed E-state index contributed by atoms with van der Waals surface area (Å²) in [6, 6.07) is 9.13. The highest BCUT2D eigenvalue weighted by atomic mass is 15.1. The molecule has 0 aliphatic carbocycles. The summed E-state index contributed by atoms with van der Waals surface area (Å²) in [4.78, 5) is 2.33. The summed E-state index contributed by atoms with van der Waals surface area (Å²) in [6.45, 7) is 6.45. The predicted molar refractivity (Wildman–Crippen MR) is 115 cm³/mol. The maximum Gasteiger partial charge on any atom is 0.0234 e. The number of unbranched alkanes of at least 4 members (excludes halogenated alkanes) is 9. The van der Waals surface area contributed by atoms with Crippen molar-refractivity contribution in [1.29, 1.82) is 0 Å². The fraction of sp³-hybridized carbons (Fsp3) is 0.739. The Bertz CT molecular complexity index is 410. The van der Waals surface area contributed by atoms with Crippen molar-refractivity contribution in [2.24, 2.45) is 11.5 Å². The molecular formula is C23H43N3. The third kappa shape index (κ3) is 11.7. The van der Waals surface area contributed by atoms with Gasteiger partial charge >= 0.3 is 0 Å². The summed E-state index contributed by atoms with van der Waals surface area (Å²) in [5, 5.41) is 0. The van der Waals surface area contributed by atoms with Crippen LogP contribution in [0.15, 0.2) is 24.3 Å². The maximum absolute atomic E-state index is 5.68. The van der Waals surface area contributed by atoms with E-state index in [0.717, 1.165) is 19.6 Å². The molecule has 0 amide bonds. The second-order valence-electron chi connectivity index (χ2n) is 7.60. The fourth-order valence-corrected chi connectivity index (χ4v) is 3.52. The molecule has 0 aliphatic heterocycles. The monoisotopic (exact) mass is 361 g/mol. The Morgan fingerprint density at radius 3 is 1.62 bits per heavy atom. The lowest BCUT2D eigenvalue weighted by Crippen LogP contribution is -2.33. The molecule has 3 heteroatoms. The van der Waals surface area contributed by atoms with Crippen LogP contribution in [0.2, 0.25) is 0 Å². The van der Waals surface area contributed by atoms with E-state index in [2.05, 4.69) is 36.1 Å². The Morgan fingerprint density at radius 2 is 1.12 bits per heavy atom. The van der Waals surface area contributed by atoms with Gasteiger partial charge in [0.05, 0.1) is 0 Å². The summed E-state index contributed by atoms with van der Waals surface area (Å²) in [5.74, 6) is 0. The van der Waals surface area contributed by atoms with Crippen LogP contribution in [0.1, 0.15) is 82.3 Å². The maximum atomic E-state index is 5.68. The molecule has 0 aromatic heterocycles. The average molecular weight is 362 g/mol. The van der Waals surface area contributed by atoms with Crippen LogP contribution in [-0.4, -0.2) is 31.1 Å². The molecule has 3 nitrogen and oxygen atoms in total. The molecule has 0 saturated carbocycles. The van der Waals surface area contributed by atoms with Gasteiger partial charge in [-0.2, -0.15) is 0 Å². The van der Waals surface area contributed by atoms with Crippen LogP contribution < -0.4 is 11.5 Å². The van der Waals surface area contributed by atoms with Crippen molar-refractivity contribution in [3.05, 3.63) is 35.4 Å². The number of rotatable bonds is 17. The van der Waals surface area contributed by atoms with Gasteiger partial charge in [0.2, 0.25) is 0 Å². The first-order chi connectivity index (χ1) is 12.8. The van der Waals surface area contributed by atoms with Gasteiger partial charge in [-0.25, -0.2) is 0 Å². The van der Waals surface area contributed by atoms with E-state index in [1.165, 1.54) is 81.8 Å². The molecule has 4 N–H and O–H groups in total. The Hall–Kier alpha value is -0.900. The molecular weight excluding hydrogens is 318 g/mol. The van der Waals surface area contributed by atoms with E-state index < -0.39 is 0 Å². The number of hydrogen-bond acceptors (Lipinski definition) is 3. The second-order valence-corrected chi connectivity index (χ2v) is 7.60. The van der Waals surface area contributed by atoms with E-state index in [9.17, 15) is 0 Å². The van der Waals surface area contributed by atoms with E-state index in [0.29, 0.717) is 13.1 Å².